The van der Waals surface area contributed by atoms with E-state index < -0.39 is 0 Å². The lowest BCUT2D eigenvalue weighted by molar-refractivity contribution is 0.0767. The molecule has 2 atom stereocenters. The second-order valence-corrected chi connectivity index (χ2v) is 6.27. The molecular weight excluding hydrogens is 250 g/mol. The van der Waals surface area contributed by atoms with Crippen molar-refractivity contribution in [3.63, 3.8) is 0 Å². The molecule has 0 spiro atoms. The van der Waals surface area contributed by atoms with Crippen LogP contribution in [0.4, 0.5) is 0 Å². The van der Waals surface area contributed by atoms with Crippen LogP contribution in [0, 0.1) is 12.8 Å². The zero-order valence-corrected chi connectivity index (χ0v) is 12.6. The molecule has 0 N–H and O–H groups in total. The molecule has 3 heteroatoms. The molecule has 2 unspecified atom stereocenters. The Morgan fingerprint density at radius 2 is 1.90 bits per heavy atom. The Balaban J connectivity index is 1.80. The average molecular weight is 273 g/mol. The summed E-state index contributed by atoms with van der Waals surface area (Å²) in [5.41, 5.74) is 1.88. The number of fused-ring (bicyclic) bond motifs is 2. The van der Waals surface area contributed by atoms with Gasteiger partial charge in [-0.2, -0.15) is 0 Å². The van der Waals surface area contributed by atoms with Crippen LogP contribution in [0.5, 0.6) is 5.75 Å². The van der Waals surface area contributed by atoms with E-state index in [1.165, 1.54) is 12.8 Å². The third kappa shape index (κ3) is 2.24. The lowest BCUT2D eigenvalue weighted by Crippen LogP contribution is -2.42. The second kappa shape index (κ2) is 5.21. The van der Waals surface area contributed by atoms with Crippen LogP contribution in [0.15, 0.2) is 18.2 Å². The quantitative estimate of drug-likeness (QED) is 0.793. The van der Waals surface area contributed by atoms with Gasteiger partial charge in [0.2, 0.25) is 0 Å². The first-order valence-corrected chi connectivity index (χ1v) is 7.51. The molecule has 2 bridgehead atoms. The van der Waals surface area contributed by atoms with Crippen LogP contribution in [-0.2, 0) is 0 Å². The van der Waals surface area contributed by atoms with Crippen LogP contribution in [0.2, 0.25) is 0 Å². The predicted molar refractivity (Wildman–Crippen MR) is 79.4 cm³/mol. The van der Waals surface area contributed by atoms with Gasteiger partial charge in [0.1, 0.15) is 5.75 Å². The van der Waals surface area contributed by atoms with Crippen molar-refractivity contribution in [2.24, 2.45) is 5.92 Å². The molecule has 0 aliphatic carbocycles. The van der Waals surface area contributed by atoms with E-state index in [-0.39, 0.29) is 5.92 Å². The van der Waals surface area contributed by atoms with Gasteiger partial charge in [-0.15, -0.1) is 0 Å². The number of piperidine rings is 1. The van der Waals surface area contributed by atoms with Crippen molar-refractivity contribution in [1.82, 2.24) is 4.90 Å². The Kier molecular flexibility index (Phi) is 3.55. The zero-order valence-electron chi connectivity index (χ0n) is 12.6. The third-order valence-electron chi connectivity index (χ3n) is 5.16. The standard InChI is InChI=1S/C17H23NO2/c1-11-4-5-12(10-16(11)20-3)17(19)13-8-14-6-7-15(9-13)18(14)2/h4-5,10,13-15H,6-9H2,1-3H3. The van der Waals surface area contributed by atoms with Crippen molar-refractivity contribution in [2.45, 2.75) is 44.7 Å². The number of ether oxygens (including phenoxy) is 1. The van der Waals surface area contributed by atoms with E-state index >= 15 is 0 Å². The van der Waals surface area contributed by atoms with Gasteiger partial charge in [0, 0.05) is 23.6 Å². The highest BCUT2D eigenvalue weighted by molar-refractivity contribution is 5.98. The summed E-state index contributed by atoms with van der Waals surface area (Å²) in [5.74, 6) is 1.30. The van der Waals surface area contributed by atoms with E-state index in [9.17, 15) is 4.79 Å². The maximum absolute atomic E-state index is 12.7. The summed E-state index contributed by atoms with van der Waals surface area (Å²) in [6.45, 7) is 2.00. The molecule has 3 nitrogen and oxygen atoms in total. The SMILES string of the molecule is COc1cc(C(=O)C2CC3CCC(C2)N3C)ccc1C. The smallest absolute Gasteiger partial charge is 0.166 e. The minimum Gasteiger partial charge on any atom is -0.496 e. The monoisotopic (exact) mass is 273 g/mol. The maximum atomic E-state index is 12.7. The zero-order chi connectivity index (χ0) is 14.3. The molecular formula is C17H23NO2. The number of carbonyl (C=O) groups is 1. The predicted octanol–water partition coefficient (Wildman–Crippen LogP) is 3.06. The van der Waals surface area contributed by atoms with Crippen LogP contribution >= 0.6 is 0 Å². The molecule has 0 amide bonds. The fourth-order valence-corrected chi connectivity index (χ4v) is 3.83. The molecule has 2 heterocycles. The van der Waals surface area contributed by atoms with E-state index in [4.69, 9.17) is 4.74 Å². The minimum absolute atomic E-state index is 0.191. The molecule has 2 aliphatic heterocycles. The van der Waals surface area contributed by atoms with Gasteiger partial charge in [-0.25, -0.2) is 0 Å². The molecule has 2 fully saturated rings. The van der Waals surface area contributed by atoms with E-state index in [2.05, 4.69) is 11.9 Å². The number of ketones is 1. The molecule has 2 saturated heterocycles. The molecule has 1 aromatic rings. The number of benzene rings is 1. The van der Waals surface area contributed by atoms with Gasteiger partial charge < -0.3 is 9.64 Å². The van der Waals surface area contributed by atoms with E-state index in [1.807, 2.05) is 25.1 Å². The van der Waals surface area contributed by atoms with Crippen molar-refractivity contribution in [1.29, 1.82) is 0 Å². The van der Waals surface area contributed by atoms with E-state index in [0.717, 1.165) is 29.7 Å². The van der Waals surface area contributed by atoms with Crippen molar-refractivity contribution < 1.29 is 9.53 Å². The molecule has 0 aromatic heterocycles. The fourth-order valence-electron chi connectivity index (χ4n) is 3.83. The van der Waals surface area contributed by atoms with Crippen LogP contribution in [0.3, 0.4) is 0 Å². The molecule has 2 aliphatic rings. The van der Waals surface area contributed by atoms with Gasteiger partial charge in [0.15, 0.2) is 5.78 Å². The normalized spacial score (nSPS) is 29.4. The van der Waals surface area contributed by atoms with Gasteiger partial charge in [-0.3, -0.25) is 4.79 Å². The summed E-state index contributed by atoms with van der Waals surface area (Å²) in [5, 5.41) is 0. The van der Waals surface area contributed by atoms with Gasteiger partial charge >= 0.3 is 0 Å². The van der Waals surface area contributed by atoms with Gasteiger partial charge in [0.05, 0.1) is 7.11 Å². The second-order valence-electron chi connectivity index (χ2n) is 6.27. The number of methoxy groups -OCH3 is 1. The first kappa shape index (κ1) is 13.6. The van der Waals surface area contributed by atoms with Crippen molar-refractivity contribution in [3.8, 4) is 5.75 Å². The van der Waals surface area contributed by atoms with E-state index in [1.54, 1.807) is 7.11 Å². The lowest BCUT2D eigenvalue weighted by atomic mass is 9.85. The summed E-state index contributed by atoms with van der Waals surface area (Å²) in [6.07, 6.45) is 4.54. The van der Waals surface area contributed by atoms with Gasteiger partial charge in [0.25, 0.3) is 0 Å². The summed E-state index contributed by atoms with van der Waals surface area (Å²) in [4.78, 5) is 15.2. The highest BCUT2D eigenvalue weighted by Crippen LogP contribution is 2.38. The number of hydrogen-bond acceptors (Lipinski definition) is 3. The third-order valence-corrected chi connectivity index (χ3v) is 5.16. The highest BCUT2D eigenvalue weighted by atomic mass is 16.5. The maximum Gasteiger partial charge on any atom is 0.166 e. The number of nitrogens with zero attached hydrogens (tertiary/aromatic N) is 1. The summed E-state index contributed by atoms with van der Waals surface area (Å²) < 4.78 is 5.33. The fraction of sp³-hybridized carbons (Fsp3) is 0.588. The van der Waals surface area contributed by atoms with Crippen LogP contribution in [-0.4, -0.2) is 36.9 Å². The molecule has 0 radical (unpaired) electrons. The summed E-state index contributed by atoms with van der Waals surface area (Å²) in [6, 6.07) is 7.04. The summed E-state index contributed by atoms with van der Waals surface area (Å²) in [7, 11) is 3.87. The first-order chi connectivity index (χ1) is 9.60. The average Bonchev–Trinajstić information content (AvgIpc) is 2.68. The summed E-state index contributed by atoms with van der Waals surface area (Å²) >= 11 is 0. The Hall–Kier alpha value is -1.35. The van der Waals surface area contributed by atoms with Gasteiger partial charge in [-0.1, -0.05) is 12.1 Å². The molecule has 0 saturated carbocycles. The largest absolute Gasteiger partial charge is 0.496 e. The van der Waals surface area contributed by atoms with Crippen LogP contribution in [0.25, 0.3) is 0 Å². The van der Waals surface area contributed by atoms with E-state index in [0.29, 0.717) is 17.9 Å². The number of rotatable bonds is 3. The first-order valence-electron chi connectivity index (χ1n) is 7.51. The van der Waals surface area contributed by atoms with Crippen LogP contribution in [0.1, 0.15) is 41.6 Å². The minimum atomic E-state index is 0.191. The van der Waals surface area contributed by atoms with Crippen molar-refractivity contribution in [2.75, 3.05) is 14.2 Å². The lowest BCUT2D eigenvalue weighted by Gasteiger charge is -2.35. The number of hydrogen-bond donors (Lipinski definition) is 0. The molecule has 20 heavy (non-hydrogen) atoms. The molecule has 1 aromatic carbocycles. The van der Waals surface area contributed by atoms with Gasteiger partial charge in [-0.05, 0) is 51.3 Å². The topological polar surface area (TPSA) is 29.5 Å². The highest BCUT2D eigenvalue weighted by Gasteiger charge is 2.40. The number of carbonyl (C=O) groups excluding carboxylic acids is 1. The Labute approximate surface area is 120 Å². The molecule has 3 rings (SSSR count). The van der Waals surface area contributed by atoms with Crippen LogP contribution < -0.4 is 4.74 Å². The Morgan fingerprint density at radius 3 is 2.50 bits per heavy atom. The Morgan fingerprint density at radius 1 is 1.25 bits per heavy atom. The van der Waals surface area contributed by atoms with Crippen molar-refractivity contribution >= 4 is 5.78 Å². The molecule has 108 valence electrons. The number of aryl methyl sites for hydroxylation is 1. The Bertz CT molecular complexity index is 512. The number of Topliss-reactive ketones (excluding diaryl/α,β-unsaturated/α-hetero) is 1. The van der Waals surface area contributed by atoms with Crippen molar-refractivity contribution in [3.05, 3.63) is 29.3 Å².